The van der Waals surface area contributed by atoms with Crippen LogP contribution in [0, 0.1) is 0 Å². The van der Waals surface area contributed by atoms with Crippen molar-refractivity contribution >= 4 is 47.1 Å². The highest BCUT2D eigenvalue weighted by molar-refractivity contribution is 6.03. The van der Waals surface area contributed by atoms with Crippen LogP contribution >= 0.6 is 12.4 Å². The van der Waals surface area contributed by atoms with Crippen LogP contribution in [0.5, 0.6) is 17.2 Å². The number of nitrogens with zero attached hydrogens (tertiary/aromatic N) is 5. The van der Waals surface area contributed by atoms with Crippen molar-refractivity contribution in [3.05, 3.63) is 132 Å². The number of benzene rings is 3. The van der Waals surface area contributed by atoms with E-state index in [1.54, 1.807) is 42.7 Å². The lowest BCUT2D eigenvalue weighted by molar-refractivity contribution is 0.0657. The second-order valence-corrected chi connectivity index (χ2v) is 11.6. The predicted molar refractivity (Wildman–Crippen MR) is 182 cm³/mol. The van der Waals surface area contributed by atoms with Gasteiger partial charge < -0.3 is 23.9 Å². The summed E-state index contributed by atoms with van der Waals surface area (Å²) < 4.78 is 13.2. The summed E-state index contributed by atoms with van der Waals surface area (Å²) in [5, 5.41) is 11.3. The Balaban J connectivity index is 0.00000364. The number of phenolic OH excluding ortho intramolecular Hbond substituents is 1. The Morgan fingerprint density at radius 3 is 2.54 bits per heavy atom. The SMILES string of the molecule is C[C@@H]1Cc2ccccc2CN1C(=O)c1cc2c(cc1C1=CC=CN(C(=O)N(c3ccc(O)cc3)c3ccn4ccnc4c3)N1)OCO2.Cl. The van der Waals surface area contributed by atoms with E-state index in [0.29, 0.717) is 51.9 Å². The third-order valence-corrected chi connectivity index (χ3v) is 8.68. The molecule has 11 nitrogen and oxygen atoms in total. The van der Waals surface area contributed by atoms with E-state index in [1.807, 2.05) is 52.0 Å². The van der Waals surface area contributed by atoms with Crippen LogP contribution in [0.15, 0.2) is 110 Å². The number of halogens is 1. The number of rotatable bonds is 4. The van der Waals surface area contributed by atoms with Gasteiger partial charge in [-0.1, -0.05) is 24.3 Å². The number of aromatic hydroxyl groups is 1. The number of nitrogens with one attached hydrogen (secondary N) is 1. The molecule has 0 bridgehead atoms. The van der Waals surface area contributed by atoms with E-state index < -0.39 is 6.03 Å². The molecule has 1 atom stereocenters. The number of hydrogen-bond donors (Lipinski definition) is 2. The molecule has 0 fully saturated rings. The third kappa shape index (κ3) is 5.43. The normalized spacial score (nSPS) is 16.1. The number of urea groups is 1. The molecule has 2 aromatic heterocycles. The van der Waals surface area contributed by atoms with E-state index in [0.717, 1.165) is 12.0 Å². The highest BCUT2D eigenvalue weighted by Crippen LogP contribution is 2.39. The van der Waals surface area contributed by atoms with E-state index in [-0.39, 0.29) is 36.9 Å². The number of ether oxygens (including phenoxy) is 2. The maximum atomic E-state index is 14.3. The van der Waals surface area contributed by atoms with Crippen molar-refractivity contribution in [3.63, 3.8) is 0 Å². The fourth-order valence-corrected chi connectivity index (χ4v) is 6.26. The van der Waals surface area contributed by atoms with E-state index in [9.17, 15) is 14.7 Å². The van der Waals surface area contributed by atoms with Crippen LogP contribution in [-0.4, -0.2) is 49.2 Å². The number of pyridine rings is 1. The van der Waals surface area contributed by atoms with Crippen molar-refractivity contribution in [2.75, 3.05) is 11.7 Å². The summed E-state index contributed by atoms with van der Waals surface area (Å²) in [6.45, 7) is 2.60. The summed E-state index contributed by atoms with van der Waals surface area (Å²) in [7, 11) is 0. The Bertz CT molecular complexity index is 2110. The molecule has 12 heteroatoms. The molecule has 0 saturated carbocycles. The molecule has 2 N–H and O–H groups in total. The van der Waals surface area contributed by atoms with Crippen LogP contribution in [-0.2, 0) is 13.0 Å². The minimum absolute atomic E-state index is 0. The highest BCUT2D eigenvalue weighted by Gasteiger charge is 2.33. The molecule has 5 aromatic rings. The average Bonchev–Trinajstić information content (AvgIpc) is 3.77. The zero-order valence-electron chi connectivity index (χ0n) is 25.8. The van der Waals surface area contributed by atoms with Crippen molar-refractivity contribution in [3.8, 4) is 17.2 Å². The van der Waals surface area contributed by atoms with Crippen molar-refractivity contribution in [1.82, 2.24) is 24.7 Å². The first-order valence-corrected chi connectivity index (χ1v) is 15.2. The molecule has 0 unspecified atom stereocenters. The number of imidazole rings is 1. The average molecular weight is 663 g/mol. The number of hydrazine groups is 1. The molecule has 0 saturated heterocycles. The summed E-state index contributed by atoms with van der Waals surface area (Å²) in [5.74, 6) is 0.948. The van der Waals surface area contributed by atoms with Gasteiger partial charge >= 0.3 is 6.03 Å². The zero-order valence-corrected chi connectivity index (χ0v) is 26.6. The number of phenols is 1. The van der Waals surface area contributed by atoms with Gasteiger partial charge in [-0.15, -0.1) is 12.4 Å². The van der Waals surface area contributed by atoms with Crippen LogP contribution in [0.25, 0.3) is 11.3 Å². The molecule has 5 heterocycles. The first kappa shape index (κ1) is 30.7. The van der Waals surface area contributed by atoms with E-state index in [2.05, 4.69) is 29.5 Å². The lowest BCUT2D eigenvalue weighted by Crippen LogP contribution is -2.46. The number of amides is 3. The largest absolute Gasteiger partial charge is 0.508 e. The summed E-state index contributed by atoms with van der Waals surface area (Å²) in [4.78, 5) is 36.5. The van der Waals surface area contributed by atoms with Crippen molar-refractivity contribution in [2.45, 2.75) is 25.9 Å². The minimum atomic E-state index is -0.427. The van der Waals surface area contributed by atoms with Crippen LogP contribution in [0.3, 0.4) is 0 Å². The Labute approximate surface area is 282 Å². The van der Waals surface area contributed by atoms with Crippen LogP contribution in [0.2, 0.25) is 0 Å². The molecule has 48 heavy (non-hydrogen) atoms. The van der Waals surface area contributed by atoms with Crippen LogP contribution in [0.1, 0.15) is 34.0 Å². The molecule has 3 aromatic carbocycles. The van der Waals surface area contributed by atoms with Gasteiger partial charge in [0.15, 0.2) is 11.5 Å². The smallest absolute Gasteiger partial charge is 0.351 e. The number of allylic oxidation sites excluding steroid dienone is 2. The van der Waals surface area contributed by atoms with Crippen LogP contribution in [0.4, 0.5) is 16.2 Å². The number of anilines is 2. The molecule has 0 radical (unpaired) electrons. The van der Waals surface area contributed by atoms with Gasteiger partial charge in [0.2, 0.25) is 6.79 Å². The molecule has 8 rings (SSSR count). The molecule has 0 spiro atoms. The van der Waals surface area contributed by atoms with Gasteiger partial charge in [0.25, 0.3) is 5.91 Å². The molecular weight excluding hydrogens is 632 g/mol. The molecule has 3 amide bonds. The zero-order chi connectivity index (χ0) is 32.1. The van der Waals surface area contributed by atoms with Crippen molar-refractivity contribution in [2.24, 2.45) is 0 Å². The molecule has 0 aliphatic carbocycles. The summed E-state index contributed by atoms with van der Waals surface area (Å²) in [6, 6.07) is 21.3. The second-order valence-electron chi connectivity index (χ2n) is 11.6. The van der Waals surface area contributed by atoms with Gasteiger partial charge in [-0.2, -0.15) is 0 Å². The number of fused-ring (bicyclic) bond motifs is 3. The number of hydrogen-bond acceptors (Lipinski definition) is 7. The number of aromatic nitrogens is 2. The summed E-state index contributed by atoms with van der Waals surface area (Å²) in [5.41, 5.74) is 8.91. The lowest BCUT2D eigenvalue weighted by atomic mass is 9.93. The van der Waals surface area contributed by atoms with Gasteiger partial charge in [0.05, 0.1) is 22.6 Å². The molecule has 3 aliphatic heterocycles. The van der Waals surface area contributed by atoms with Gasteiger partial charge in [-0.25, -0.2) is 14.8 Å². The van der Waals surface area contributed by atoms with E-state index in [4.69, 9.17) is 9.47 Å². The third-order valence-electron chi connectivity index (χ3n) is 8.68. The number of carbonyl (C=O) groups is 2. The number of carbonyl (C=O) groups excluding carboxylic acids is 2. The fraction of sp³-hybridized carbons (Fsp3) is 0.139. The van der Waals surface area contributed by atoms with Gasteiger partial charge in [0, 0.05) is 49.0 Å². The predicted octanol–water partition coefficient (Wildman–Crippen LogP) is 6.41. The first-order chi connectivity index (χ1) is 22.9. The second kappa shape index (κ2) is 12.3. The summed E-state index contributed by atoms with van der Waals surface area (Å²) in [6.07, 6.45) is 11.3. The molecule has 242 valence electrons. The Kier molecular flexibility index (Phi) is 7.90. The van der Waals surface area contributed by atoms with Crippen molar-refractivity contribution < 1.29 is 24.2 Å². The van der Waals surface area contributed by atoms with Crippen LogP contribution < -0.4 is 19.8 Å². The monoisotopic (exact) mass is 662 g/mol. The maximum Gasteiger partial charge on any atom is 0.351 e. The molecular formula is C36H31ClN6O5. The minimum Gasteiger partial charge on any atom is -0.508 e. The van der Waals surface area contributed by atoms with Gasteiger partial charge in [-0.05, 0) is 79.1 Å². The Hall–Kier alpha value is -5.94. The van der Waals surface area contributed by atoms with E-state index in [1.165, 1.54) is 27.6 Å². The molecule has 3 aliphatic rings. The highest BCUT2D eigenvalue weighted by atomic mass is 35.5. The van der Waals surface area contributed by atoms with Gasteiger partial charge in [0.1, 0.15) is 11.4 Å². The maximum absolute atomic E-state index is 14.3. The quantitative estimate of drug-likeness (QED) is 0.229. The first-order valence-electron chi connectivity index (χ1n) is 15.2. The summed E-state index contributed by atoms with van der Waals surface area (Å²) >= 11 is 0. The Morgan fingerprint density at radius 1 is 0.958 bits per heavy atom. The fourth-order valence-electron chi connectivity index (χ4n) is 6.26. The Morgan fingerprint density at radius 2 is 1.73 bits per heavy atom. The standard InChI is InChI=1S/C36H30N6O5.ClH/c1-23-17-24-5-2-3-6-25(24)21-40(23)35(44)30-20-33-32(46-22-47-33)19-29(30)31-7-4-14-41(38-31)36(45)42(26-8-10-28(43)11-9-26)27-12-15-39-16-13-37-34(39)18-27;/h2-16,18-20,23,38,43H,17,21-22H2,1H3;1H/t23-;/m1./s1. The lowest BCUT2D eigenvalue weighted by Gasteiger charge is -2.36. The van der Waals surface area contributed by atoms with Gasteiger partial charge in [-0.3, -0.25) is 15.1 Å². The van der Waals surface area contributed by atoms with E-state index >= 15 is 0 Å². The topological polar surface area (TPSA) is 112 Å². The van der Waals surface area contributed by atoms with Crippen molar-refractivity contribution in [1.29, 1.82) is 0 Å².